The summed E-state index contributed by atoms with van der Waals surface area (Å²) in [6, 6.07) is 6.01. The standard InChI is InChI=1S/C16H19ClN6O/c1-11-18-16(24-20-11)13-10-22(8-7-21(13)2)9-12-15(17)19-14-5-3-4-6-23(12)14/h3-6,13H,7-10H2,1-2H3. The molecular formula is C16H19ClN6O. The molecule has 0 aliphatic carbocycles. The normalized spacial score (nSPS) is 20.0. The van der Waals surface area contributed by atoms with E-state index in [9.17, 15) is 0 Å². The maximum Gasteiger partial charge on any atom is 0.245 e. The van der Waals surface area contributed by atoms with Crippen LogP contribution in [0.4, 0.5) is 0 Å². The Hall–Kier alpha value is -1.96. The van der Waals surface area contributed by atoms with Crippen molar-refractivity contribution in [3.05, 3.63) is 47.0 Å². The zero-order valence-electron chi connectivity index (χ0n) is 13.7. The number of pyridine rings is 1. The van der Waals surface area contributed by atoms with Gasteiger partial charge in [0.25, 0.3) is 0 Å². The first-order valence-corrected chi connectivity index (χ1v) is 8.34. The second-order valence-electron chi connectivity index (χ2n) is 6.19. The van der Waals surface area contributed by atoms with Crippen LogP contribution in [0.15, 0.2) is 28.9 Å². The monoisotopic (exact) mass is 346 g/mol. The van der Waals surface area contributed by atoms with Crippen LogP contribution in [-0.2, 0) is 6.54 Å². The van der Waals surface area contributed by atoms with Gasteiger partial charge in [-0.25, -0.2) is 4.98 Å². The van der Waals surface area contributed by atoms with Gasteiger partial charge in [-0.05, 0) is 26.1 Å². The SMILES string of the molecule is Cc1noc(C2CN(Cc3c(Cl)nc4ccccn34)CCN2C)n1. The first-order chi connectivity index (χ1) is 11.6. The van der Waals surface area contributed by atoms with Gasteiger partial charge in [-0.1, -0.05) is 22.8 Å². The van der Waals surface area contributed by atoms with Gasteiger partial charge in [0.15, 0.2) is 11.0 Å². The van der Waals surface area contributed by atoms with Gasteiger partial charge in [0, 0.05) is 32.4 Å². The van der Waals surface area contributed by atoms with Crippen LogP contribution in [-0.4, -0.2) is 56.0 Å². The molecular weight excluding hydrogens is 328 g/mol. The summed E-state index contributed by atoms with van der Waals surface area (Å²) in [4.78, 5) is 13.4. The maximum absolute atomic E-state index is 6.36. The fourth-order valence-corrected chi connectivity index (χ4v) is 3.40. The Morgan fingerprint density at radius 2 is 2.17 bits per heavy atom. The van der Waals surface area contributed by atoms with Gasteiger partial charge in [0.05, 0.1) is 5.69 Å². The minimum atomic E-state index is 0.0953. The Morgan fingerprint density at radius 3 is 2.96 bits per heavy atom. The average Bonchev–Trinajstić information content (AvgIpc) is 3.13. The summed E-state index contributed by atoms with van der Waals surface area (Å²) in [6.45, 7) is 5.28. The highest BCUT2D eigenvalue weighted by atomic mass is 35.5. The highest BCUT2D eigenvalue weighted by Crippen LogP contribution is 2.25. The second-order valence-corrected chi connectivity index (χ2v) is 6.55. The first kappa shape index (κ1) is 15.6. The fraction of sp³-hybridized carbons (Fsp3) is 0.438. The number of halogens is 1. The van der Waals surface area contributed by atoms with Gasteiger partial charge in [-0.2, -0.15) is 4.98 Å². The molecule has 0 radical (unpaired) electrons. The van der Waals surface area contributed by atoms with Crippen molar-refractivity contribution in [1.82, 2.24) is 29.3 Å². The smallest absolute Gasteiger partial charge is 0.245 e. The number of likely N-dealkylation sites (N-methyl/N-ethyl adjacent to an activating group) is 1. The van der Waals surface area contributed by atoms with Gasteiger partial charge >= 0.3 is 0 Å². The van der Waals surface area contributed by atoms with Crippen molar-refractivity contribution in [3.63, 3.8) is 0 Å². The molecule has 0 saturated carbocycles. The Bertz CT molecular complexity index is 859. The van der Waals surface area contributed by atoms with Gasteiger partial charge in [0.1, 0.15) is 11.7 Å². The van der Waals surface area contributed by atoms with Crippen LogP contribution >= 0.6 is 11.6 Å². The Labute approximate surface area is 144 Å². The summed E-state index contributed by atoms with van der Waals surface area (Å²) in [6.07, 6.45) is 2.00. The molecule has 1 aliphatic rings. The lowest BCUT2D eigenvalue weighted by molar-refractivity contribution is 0.0706. The number of nitrogens with zero attached hydrogens (tertiary/aromatic N) is 6. The number of imidazole rings is 1. The van der Waals surface area contributed by atoms with Crippen molar-refractivity contribution >= 4 is 17.2 Å². The van der Waals surface area contributed by atoms with Gasteiger partial charge in [0.2, 0.25) is 5.89 Å². The molecule has 24 heavy (non-hydrogen) atoms. The third kappa shape index (κ3) is 2.79. The molecule has 0 bridgehead atoms. The van der Waals surface area contributed by atoms with Gasteiger partial charge in [-0.3, -0.25) is 9.80 Å². The lowest BCUT2D eigenvalue weighted by atomic mass is 10.1. The molecule has 4 rings (SSSR count). The summed E-state index contributed by atoms with van der Waals surface area (Å²) < 4.78 is 7.43. The number of hydrogen-bond acceptors (Lipinski definition) is 6. The molecule has 7 nitrogen and oxygen atoms in total. The van der Waals surface area contributed by atoms with Crippen molar-refractivity contribution in [1.29, 1.82) is 0 Å². The molecule has 4 heterocycles. The minimum Gasteiger partial charge on any atom is -0.338 e. The number of aromatic nitrogens is 4. The van der Waals surface area contributed by atoms with Crippen molar-refractivity contribution in [2.45, 2.75) is 19.5 Å². The van der Waals surface area contributed by atoms with E-state index < -0.39 is 0 Å². The van der Waals surface area contributed by atoms with Crippen LogP contribution in [0.3, 0.4) is 0 Å². The van der Waals surface area contributed by atoms with E-state index in [4.69, 9.17) is 16.1 Å². The molecule has 0 amide bonds. The topological polar surface area (TPSA) is 62.7 Å². The molecule has 1 atom stereocenters. The predicted molar refractivity (Wildman–Crippen MR) is 89.9 cm³/mol. The van der Waals surface area contributed by atoms with Crippen LogP contribution in [0, 0.1) is 6.92 Å². The van der Waals surface area contributed by atoms with Gasteiger partial charge < -0.3 is 8.92 Å². The highest BCUT2D eigenvalue weighted by molar-refractivity contribution is 6.30. The quantitative estimate of drug-likeness (QED) is 0.724. The molecule has 0 N–H and O–H groups in total. The summed E-state index contributed by atoms with van der Waals surface area (Å²) in [7, 11) is 2.09. The van der Waals surface area contributed by atoms with Crippen LogP contribution < -0.4 is 0 Å². The fourth-order valence-electron chi connectivity index (χ4n) is 3.16. The lowest BCUT2D eigenvalue weighted by Gasteiger charge is -2.37. The Balaban J connectivity index is 1.57. The van der Waals surface area contributed by atoms with Crippen molar-refractivity contribution in [2.75, 3.05) is 26.7 Å². The average molecular weight is 347 g/mol. The van der Waals surface area contributed by atoms with E-state index in [1.807, 2.05) is 35.7 Å². The van der Waals surface area contributed by atoms with E-state index in [2.05, 4.69) is 32.0 Å². The summed E-state index contributed by atoms with van der Waals surface area (Å²) in [5.41, 5.74) is 1.88. The number of hydrogen-bond donors (Lipinski definition) is 0. The van der Waals surface area contributed by atoms with E-state index in [1.165, 1.54) is 0 Å². The van der Waals surface area contributed by atoms with E-state index in [0.29, 0.717) is 16.9 Å². The number of aryl methyl sites for hydroxylation is 1. The number of piperazine rings is 1. The second kappa shape index (κ2) is 6.16. The molecule has 126 valence electrons. The van der Waals surface area contributed by atoms with Crippen LogP contribution in [0.5, 0.6) is 0 Å². The third-order valence-electron chi connectivity index (χ3n) is 4.51. The molecule has 3 aromatic heterocycles. The highest BCUT2D eigenvalue weighted by Gasteiger charge is 2.30. The van der Waals surface area contributed by atoms with Crippen LogP contribution in [0.25, 0.3) is 5.65 Å². The molecule has 0 spiro atoms. The molecule has 1 fully saturated rings. The van der Waals surface area contributed by atoms with Crippen molar-refractivity contribution < 1.29 is 4.52 Å². The molecule has 1 aliphatic heterocycles. The van der Waals surface area contributed by atoms with Crippen LogP contribution in [0.2, 0.25) is 5.15 Å². The number of rotatable bonds is 3. The minimum absolute atomic E-state index is 0.0953. The Morgan fingerprint density at radius 1 is 1.29 bits per heavy atom. The zero-order chi connectivity index (χ0) is 16.7. The third-order valence-corrected chi connectivity index (χ3v) is 4.82. The van der Waals surface area contributed by atoms with Crippen molar-refractivity contribution in [2.24, 2.45) is 0 Å². The van der Waals surface area contributed by atoms with E-state index >= 15 is 0 Å². The Kier molecular flexibility index (Phi) is 3.99. The largest absolute Gasteiger partial charge is 0.338 e. The van der Waals surface area contributed by atoms with Crippen molar-refractivity contribution in [3.8, 4) is 0 Å². The van der Waals surface area contributed by atoms with E-state index in [-0.39, 0.29) is 6.04 Å². The summed E-state index contributed by atoms with van der Waals surface area (Å²) >= 11 is 6.36. The zero-order valence-corrected chi connectivity index (χ0v) is 14.4. The number of fused-ring (bicyclic) bond motifs is 1. The summed E-state index contributed by atoms with van der Waals surface area (Å²) in [5.74, 6) is 1.34. The predicted octanol–water partition coefficient (Wildman–Crippen LogP) is 2.17. The summed E-state index contributed by atoms with van der Waals surface area (Å²) in [5, 5.41) is 4.48. The molecule has 0 aromatic carbocycles. The first-order valence-electron chi connectivity index (χ1n) is 7.96. The molecule has 3 aromatic rings. The van der Waals surface area contributed by atoms with Gasteiger partial charge in [-0.15, -0.1) is 0 Å². The van der Waals surface area contributed by atoms with Crippen LogP contribution in [0.1, 0.15) is 23.5 Å². The molecule has 1 saturated heterocycles. The molecule has 1 unspecified atom stereocenters. The van der Waals surface area contributed by atoms with E-state index in [0.717, 1.165) is 37.5 Å². The maximum atomic E-state index is 6.36. The lowest BCUT2D eigenvalue weighted by Crippen LogP contribution is -2.46. The van der Waals surface area contributed by atoms with E-state index in [1.54, 1.807) is 0 Å². The molecule has 8 heteroatoms.